The maximum atomic E-state index is 13.3. The molecule has 4 rings (SSSR count). The molecule has 0 radical (unpaired) electrons. The highest BCUT2D eigenvalue weighted by Gasteiger charge is 2.21. The van der Waals surface area contributed by atoms with E-state index in [0.29, 0.717) is 34.3 Å². The van der Waals surface area contributed by atoms with Crippen LogP contribution in [-0.4, -0.2) is 29.4 Å². The number of nitrogens with zero attached hydrogens (tertiary/aromatic N) is 3. The van der Waals surface area contributed by atoms with E-state index < -0.39 is 10.0 Å². The zero-order valence-corrected chi connectivity index (χ0v) is 18.0. The molecule has 3 aromatic heterocycles. The molecule has 0 unspecified atom stereocenters. The maximum absolute atomic E-state index is 13.3. The van der Waals surface area contributed by atoms with E-state index in [9.17, 15) is 8.42 Å². The predicted octanol–water partition coefficient (Wildman–Crippen LogP) is 4.09. The van der Waals surface area contributed by atoms with Crippen molar-refractivity contribution >= 4 is 44.0 Å². The average molecular weight is 442 g/mol. The van der Waals surface area contributed by atoms with E-state index in [2.05, 4.69) is 20.6 Å². The molecule has 9 heteroatoms. The molecule has 1 aromatic carbocycles. The van der Waals surface area contributed by atoms with Crippen LogP contribution in [0.25, 0.3) is 10.9 Å². The van der Waals surface area contributed by atoms with Gasteiger partial charge in [0, 0.05) is 36.2 Å². The van der Waals surface area contributed by atoms with E-state index in [1.165, 1.54) is 16.2 Å². The van der Waals surface area contributed by atoms with Crippen molar-refractivity contribution in [2.45, 2.75) is 18.4 Å². The predicted molar refractivity (Wildman–Crippen MR) is 119 cm³/mol. The number of hydrogen-bond acceptors (Lipinski definition) is 6. The topological polar surface area (TPSA) is 88.9 Å². The highest BCUT2D eigenvalue weighted by Crippen LogP contribution is 2.29. The lowest BCUT2D eigenvalue weighted by molar-refractivity contribution is 0.588. The third-order valence-electron chi connectivity index (χ3n) is 4.71. The van der Waals surface area contributed by atoms with Gasteiger partial charge in [0.2, 0.25) is 0 Å². The first-order chi connectivity index (χ1) is 14.4. The molecule has 0 aliphatic carbocycles. The van der Waals surface area contributed by atoms with Crippen molar-refractivity contribution < 1.29 is 8.42 Å². The SMILES string of the molecule is CNCc1cn(S(=O)(=O)c2cccnc2)c2cc(Nc3ccc(Cl)c(C)n3)ccc12. The van der Waals surface area contributed by atoms with E-state index in [1.54, 1.807) is 36.7 Å². The fraction of sp³-hybridized carbons (Fsp3) is 0.143. The zero-order valence-electron chi connectivity index (χ0n) is 16.4. The summed E-state index contributed by atoms with van der Waals surface area (Å²) < 4.78 is 27.8. The minimum Gasteiger partial charge on any atom is -0.340 e. The van der Waals surface area contributed by atoms with Crippen molar-refractivity contribution in [3.05, 3.63) is 77.3 Å². The summed E-state index contributed by atoms with van der Waals surface area (Å²) in [5.41, 5.74) is 2.88. The molecule has 30 heavy (non-hydrogen) atoms. The van der Waals surface area contributed by atoms with Crippen molar-refractivity contribution in [2.24, 2.45) is 0 Å². The fourth-order valence-electron chi connectivity index (χ4n) is 3.25. The van der Waals surface area contributed by atoms with Crippen LogP contribution in [0.5, 0.6) is 0 Å². The maximum Gasteiger partial charge on any atom is 0.269 e. The second-order valence-corrected chi connectivity index (χ2v) is 9.02. The highest BCUT2D eigenvalue weighted by atomic mass is 35.5. The van der Waals surface area contributed by atoms with Gasteiger partial charge in [-0.2, -0.15) is 0 Å². The van der Waals surface area contributed by atoms with Crippen molar-refractivity contribution in [3.63, 3.8) is 0 Å². The van der Waals surface area contributed by atoms with Crippen LogP contribution < -0.4 is 10.6 Å². The Labute approximate surface area is 179 Å². The standard InChI is InChI=1S/C21H20ClN5O2S/c1-14-19(22)7-8-21(25-14)26-16-5-6-18-15(11-23-2)13-27(20(18)10-16)30(28,29)17-4-3-9-24-12-17/h3-10,12-13,23H,11H2,1-2H3,(H,25,26). The Morgan fingerprint density at radius 3 is 2.70 bits per heavy atom. The summed E-state index contributed by atoms with van der Waals surface area (Å²) >= 11 is 6.05. The zero-order chi connectivity index (χ0) is 21.3. The Balaban J connectivity index is 1.83. The van der Waals surface area contributed by atoms with Crippen LogP contribution in [0.2, 0.25) is 5.02 Å². The molecule has 7 nitrogen and oxygen atoms in total. The van der Waals surface area contributed by atoms with E-state index >= 15 is 0 Å². The first kappa shape index (κ1) is 20.3. The highest BCUT2D eigenvalue weighted by molar-refractivity contribution is 7.90. The molecule has 0 saturated carbocycles. The van der Waals surface area contributed by atoms with Gasteiger partial charge in [-0.25, -0.2) is 17.4 Å². The Morgan fingerprint density at radius 1 is 1.17 bits per heavy atom. The normalized spacial score (nSPS) is 11.7. The molecule has 0 amide bonds. The number of fused-ring (bicyclic) bond motifs is 1. The third-order valence-corrected chi connectivity index (χ3v) is 6.76. The lowest BCUT2D eigenvalue weighted by Gasteiger charge is -2.10. The van der Waals surface area contributed by atoms with Gasteiger partial charge in [0.1, 0.15) is 10.7 Å². The Morgan fingerprint density at radius 2 is 2.00 bits per heavy atom. The van der Waals surface area contributed by atoms with Crippen LogP contribution in [0.15, 0.2) is 66.0 Å². The molecular formula is C21H20ClN5O2S. The molecule has 0 atom stereocenters. The van der Waals surface area contributed by atoms with Gasteiger partial charge in [-0.3, -0.25) is 4.98 Å². The van der Waals surface area contributed by atoms with Gasteiger partial charge in [-0.15, -0.1) is 0 Å². The molecule has 4 aromatic rings. The molecule has 0 aliphatic heterocycles. The van der Waals surface area contributed by atoms with Crippen molar-refractivity contribution in [3.8, 4) is 0 Å². The van der Waals surface area contributed by atoms with E-state index in [0.717, 1.165) is 10.9 Å². The summed E-state index contributed by atoms with van der Waals surface area (Å²) in [6, 6.07) is 12.3. The molecule has 0 spiro atoms. The van der Waals surface area contributed by atoms with Crippen molar-refractivity contribution in [2.75, 3.05) is 12.4 Å². The van der Waals surface area contributed by atoms with E-state index in [4.69, 9.17) is 11.6 Å². The second kappa shape index (κ2) is 8.06. The van der Waals surface area contributed by atoms with E-state index in [1.807, 2.05) is 26.1 Å². The van der Waals surface area contributed by atoms with E-state index in [-0.39, 0.29) is 4.90 Å². The number of halogens is 1. The molecule has 0 bridgehead atoms. The Hall–Kier alpha value is -2.94. The van der Waals surface area contributed by atoms with Crippen LogP contribution in [-0.2, 0) is 16.6 Å². The summed E-state index contributed by atoms with van der Waals surface area (Å²) in [5.74, 6) is 0.625. The van der Waals surface area contributed by atoms with Gasteiger partial charge in [0.25, 0.3) is 10.0 Å². The Bertz CT molecular complexity index is 1320. The minimum atomic E-state index is -3.80. The quantitative estimate of drug-likeness (QED) is 0.468. The average Bonchev–Trinajstić information content (AvgIpc) is 3.10. The summed E-state index contributed by atoms with van der Waals surface area (Å²) in [4.78, 5) is 8.50. The minimum absolute atomic E-state index is 0.131. The molecular weight excluding hydrogens is 422 g/mol. The monoisotopic (exact) mass is 441 g/mol. The van der Waals surface area contributed by atoms with Gasteiger partial charge < -0.3 is 10.6 Å². The van der Waals surface area contributed by atoms with Crippen LogP contribution in [0, 0.1) is 6.92 Å². The first-order valence-corrected chi connectivity index (χ1v) is 11.1. The molecule has 154 valence electrons. The summed E-state index contributed by atoms with van der Waals surface area (Å²) in [6.07, 6.45) is 4.54. The summed E-state index contributed by atoms with van der Waals surface area (Å²) in [5, 5.41) is 7.74. The number of pyridine rings is 2. The van der Waals surface area contributed by atoms with Crippen LogP contribution in [0.4, 0.5) is 11.5 Å². The van der Waals surface area contributed by atoms with Crippen LogP contribution in [0.1, 0.15) is 11.3 Å². The van der Waals surface area contributed by atoms with Gasteiger partial charge in [0.15, 0.2) is 0 Å². The summed E-state index contributed by atoms with van der Waals surface area (Å²) in [6.45, 7) is 2.36. The number of benzene rings is 1. The number of hydrogen-bond donors (Lipinski definition) is 2. The third kappa shape index (κ3) is 3.77. The van der Waals surface area contributed by atoms with Crippen LogP contribution >= 0.6 is 11.6 Å². The lowest BCUT2D eigenvalue weighted by atomic mass is 10.1. The lowest BCUT2D eigenvalue weighted by Crippen LogP contribution is -2.12. The van der Waals surface area contributed by atoms with Crippen molar-refractivity contribution in [1.82, 2.24) is 19.3 Å². The van der Waals surface area contributed by atoms with Crippen molar-refractivity contribution in [1.29, 1.82) is 0 Å². The smallest absolute Gasteiger partial charge is 0.269 e. The van der Waals surface area contributed by atoms with Gasteiger partial charge >= 0.3 is 0 Å². The molecule has 3 heterocycles. The van der Waals surface area contributed by atoms with Gasteiger partial charge in [-0.1, -0.05) is 17.7 Å². The molecule has 2 N–H and O–H groups in total. The number of anilines is 2. The number of rotatable bonds is 6. The largest absolute Gasteiger partial charge is 0.340 e. The molecule has 0 aliphatic rings. The molecule has 0 saturated heterocycles. The molecule has 0 fully saturated rings. The second-order valence-electron chi connectivity index (χ2n) is 6.79. The number of aromatic nitrogens is 3. The fourth-order valence-corrected chi connectivity index (χ4v) is 4.70. The first-order valence-electron chi connectivity index (χ1n) is 9.24. The Kier molecular flexibility index (Phi) is 5.46. The van der Waals surface area contributed by atoms with Crippen LogP contribution in [0.3, 0.4) is 0 Å². The van der Waals surface area contributed by atoms with Gasteiger partial charge in [0.05, 0.1) is 16.2 Å². The number of aryl methyl sites for hydroxylation is 1. The summed E-state index contributed by atoms with van der Waals surface area (Å²) in [7, 11) is -1.98. The number of nitrogens with one attached hydrogen (secondary N) is 2. The van der Waals surface area contributed by atoms with Gasteiger partial charge in [-0.05, 0) is 55.9 Å².